The number of nitrogen functional groups attached to an aromatic ring is 1. The number of hydrogen-bond acceptors (Lipinski definition) is 6. The van der Waals surface area contributed by atoms with Crippen LogP contribution >= 0.6 is 11.6 Å². The molecule has 0 saturated carbocycles. The van der Waals surface area contributed by atoms with Gasteiger partial charge in [-0.25, -0.2) is 9.67 Å². The van der Waals surface area contributed by atoms with Crippen LogP contribution in [0, 0.1) is 0 Å². The van der Waals surface area contributed by atoms with Gasteiger partial charge in [-0.2, -0.15) is 4.98 Å². The van der Waals surface area contributed by atoms with Crippen molar-refractivity contribution < 1.29 is 4.42 Å². The van der Waals surface area contributed by atoms with Gasteiger partial charge in [0.05, 0.1) is 18.3 Å². The van der Waals surface area contributed by atoms with Crippen molar-refractivity contribution in [1.82, 2.24) is 29.9 Å². The number of rotatable bonds is 3. The quantitative estimate of drug-likeness (QED) is 0.507. The second kappa shape index (κ2) is 5.57. The molecule has 0 atom stereocenters. The third-order valence-electron chi connectivity index (χ3n) is 4.16. The first-order valence-electron chi connectivity index (χ1n) is 7.85. The maximum Gasteiger partial charge on any atom is 0.222 e. The van der Waals surface area contributed by atoms with Crippen molar-refractivity contribution in [1.29, 1.82) is 0 Å². The Kier molecular flexibility index (Phi) is 3.19. The Hall–Kier alpha value is -3.39. The first kappa shape index (κ1) is 14.9. The van der Waals surface area contributed by atoms with E-state index in [2.05, 4.69) is 25.3 Å². The highest BCUT2D eigenvalue weighted by Crippen LogP contribution is 2.27. The van der Waals surface area contributed by atoms with Crippen LogP contribution in [0.25, 0.3) is 33.5 Å². The Morgan fingerprint density at radius 2 is 2.15 bits per heavy atom. The Morgan fingerprint density at radius 3 is 3.00 bits per heavy atom. The van der Waals surface area contributed by atoms with Crippen LogP contribution in [-0.4, -0.2) is 29.9 Å². The van der Waals surface area contributed by atoms with E-state index in [0.717, 1.165) is 16.5 Å². The van der Waals surface area contributed by atoms with E-state index < -0.39 is 0 Å². The van der Waals surface area contributed by atoms with Crippen molar-refractivity contribution in [3.8, 4) is 11.5 Å². The monoisotopic (exact) mass is 365 g/mol. The number of halogens is 1. The molecule has 5 aromatic rings. The van der Waals surface area contributed by atoms with Gasteiger partial charge in [0, 0.05) is 16.6 Å². The number of nitrogens with two attached hydrogens (primary N) is 1. The highest BCUT2D eigenvalue weighted by Gasteiger charge is 2.18. The molecule has 0 aliphatic carbocycles. The third kappa shape index (κ3) is 2.31. The number of aromatic amines is 1. The average molecular weight is 366 g/mol. The smallest absolute Gasteiger partial charge is 0.222 e. The molecule has 128 valence electrons. The Bertz CT molecular complexity index is 1240. The summed E-state index contributed by atoms with van der Waals surface area (Å²) in [7, 11) is 0. The molecule has 5 rings (SSSR count). The molecule has 0 spiro atoms. The first-order valence-corrected chi connectivity index (χ1v) is 8.23. The zero-order chi connectivity index (χ0) is 17.7. The van der Waals surface area contributed by atoms with Gasteiger partial charge in [0.2, 0.25) is 5.95 Å². The molecule has 0 aliphatic heterocycles. The van der Waals surface area contributed by atoms with Gasteiger partial charge in [0.15, 0.2) is 16.9 Å². The molecule has 9 heteroatoms. The van der Waals surface area contributed by atoms with E-state index >= 15 is 0 Å². The fourth-order valence-corrected chi connectivity index (χ4v) is 3.31. The molecule has 0 aliphatic rings. The molecule has 8 nitrogen and oxygen atoms in total. The fourth-order valence-electron chi connectivity index (χ4n) is 3.06. The number of nitrogens with zero attached hydrogens (tertiary/aromatic N) is 5. The van der Waals surface area contributed by atoms with Crippen molar-refractivity contribution in [2.24, 2.45) is 0 Å². The molecule has 0 saturated heterocycles. The van der Waals surface area contributed by atoms with Gasteiger partial charge in [0.1, 0.15) is 5.69 Å². The predicted molar refractivity (Wildman–Crippen MR) is 97.6 cm³/mol. The third-order valence-corrected chi connectivity index (χ3v) is 4.38. The van der Waals surface area contributed by atoms with Gasteiger partial charge in [-0.1, -0.05) is 16.8 Å². The van der Waals surface area contributed by atoms with Crippen molar-refractivity contribution in [3.05, 3.63) is 53.4 Å². The van der Waals surface area contributed by atoms with Crippen molar-refractivity contribution in [2.45, 2.75) is 6.54 Å². The number of anilines is 1. The van der Waals surface area contributed by atoms with Crippen LogP contribution in [0.3, 0.4) is 0 Å². The van der Waals surface area contributed by atoms with E-state index in [0.29, 0.717) is 34.2 Å². The van der Waals surface area contributed by atoms with Crippen LogP contribution in [0.15, 0.2) is 47.2 Å². The number of furan rings is 1. The minimum absolute atomic E-state index is 0.128. The van der Waals surface area contributed by atoms with Crippen molar-refractivity contribution in [2.75, 3.05) is 5.73 Å². The van der Waals surface area contributed by atoms with Crippen LogP contribution < -0.4 is 5.73 Å². The highest BCUT2D eigenvalue weighted by molar-refractivity contribution is 6.31. The molecule has 4 aromatic heterocycles. The molecule has 0 radical (unpaired) electrons. The SMILES string of the molecule is Nc1nc(-c2ccco2)c2nnn(Cc3cc(Cl)cc4cc[nH]c34)c2n1. The summed E-state index contributed by atoms with van der Waals surface area (Å²) in [6.07, 6.45) is 3.44. The van der Waals surface area contributed by atoms with Crippen LogP contribution in [-0.2, 0) is 6.54 Å². The largest absolute Gasteiger partial charge is 0.463 e. The number of aromatic nitrogens is 6. The summed E-state index contributed by atoms with van der Waals surface area (Å²) >= 11 is 6.24. The molecule has 0 unspecified atom stereocenters. The molecule has 1 aromatic carbocycles. The van der Waals surface area contributed by atoms with E-state index in [9.17, 15) is 0 Å². The van der Waals surface area contributed by atoms with Crippen molar-refractivity contribution in [3.63, 3.8) is 0 Å². The lowest BCUT2D eigenvalue weighted by atomic mass is 10.1. The predicted octanol–water partition coefficient (Wildman–Crippen LogP) is 3.25. The molecule has 4 heterocycles. The van der Waals surface area contributed by atoms with Gasteiger partial charge < -0.3 is 15.1 Å². The van der Waals surface area contributed by atoms with E-state index in [1.165, 1.54) is 0 Å². The van der Waals surface area contributed by atoms with Crippen LogP contribution in [0.5, 0.6) is 0 Å². The number of hydrogen-bond donors (Lipinski definition) is 2. The minimum atomic E-state index is 0.128. The lowest BCUT2D eigenvalue weighted by molar-refractivity contribution is 0.580. The van der Waals surface area contributed by atoms with Gasteiger partial charge in [0.25, 0.3) is 0 Å². The molecular formula is C17H12ClN7O. The summed E-state index contributed by atoms with van der Waals surface area (Å²) in [6.45, 7) is 0.433. The summed E-state index contributed by atoms with van der Waals surface area (Å²) in [5, 5.41) is 10.1. The van der Waals surface area contributed by atoms with E-state index in [-0.39, 0.29) is 5.95 Å². The van der Waals surface area contributed by atoms with Gasteiger partial charge in [-0.15, -0.1) is 5.10 Å². The van der Waals surface area contributed by atoms with Gasteiger partial charge in [-0.05, 0) is 35.9 Å². The summed E-state index contributed by atoms with van der Waals surface area (Å²) in [5.74, 6) is 0.689. The highest BCUT2D eigenvalue weighted by atomic mass is 35.5. The summed E-state index contributed by atoms with van der Waals surface area (Å²) in [5.41, 5.74) is 9.43. The number of fused-ring (bicyclic) bond motifs is 2. The van der Waals surface area contributed by atoms with Crippen molar-refractivity contribution >= 4 is 39.6 Å². The van der Waals surface area contributed by atoms with E-state index in [4.69, 9.17) is 21.8 Å². The standard InChI is InChI=1S/C17H12ClN7O/c18-11-6-9-3-4-20-13(9)10(7-11)8-25-16-15(23-24-25)14(21-17(19)22-16)12-2-1-5-26-12/h1-7,20H,8H2,(H2,19,21,22). The Morgan fingerprint density at radius 1 is 1.23 bits per heavy atom. The van der Waals surface area contributed by atoms with Crippen LogP contribution in [0.2, 0.25) is 5.02 Å². The number of H-pyrrole nitrogens is 1. The minimum Gasteiger partial charge on any atom is -0.463 e. The number of benzene rings is 1. The zero-order valence-electron chi connectivity index (χ0n) is 13.3. The summed E-state index contributed by atoms with van der Waals surface area (Å²) < 4.78 is 7.10. The Labute approximate surface area is 151 Å². The molecule has 0 amide bonds. The van der Waals surface area contributed by atoms with Crippen LogP contribution in [0.1, 0.15) is 5.56 Å². The zero-order valence-corrected chi connectivity index (χ0v) is 14.1. The lowest BCUT2D eigenvalue weighted by Crippen LogP contribution is -2.05. The van der Waals surface area contributed by atoms with Gasteiger partial charge in [-0.3, -0.25) is 0 Å². The maximum absolute atomic E-state index is 6.24. The second-order valence-electron chi connectivity index (χ2n) is 5.83. The van der Waals surface area contributed by atoms with Crippen LogP contribution in [0.4, 0.5) is 5.95 Å². The maximum atomic E-state index is 6.24. The molecule has 3 N–H and O–H groups in total. The summed E-state index contributed by atoms with van der Waals surface area (Å²) in [6, 6.07) is 9.34. The lowest BCUT2D eigenvalue weighted by Gasteiger charge is -2.06. The molecule has 0 bridgehead atoms. The molecule has 26 heavy (non-hydrogen) atoms. The fraction of sp³-hybridized carbons (Fsp3) is 0.0588. The molecule has 0 fully saturated rings. The first-order chi connectivity index (χ1) is 12.7. The topological polar surface area (TPSA) is 111 Å². The second-order valence-corrected chi connectivity index (χ2v) is 6.27. The summed E-state index contributed by atoms with van der Waals surface area (Å²) in [4.78, 5) is 11.8. The Balaban J connectivity index is 1.67. The van der Waals surface area contributed by atoms with Gasteiger partial charge >= 0.3 is 0 Å². The normalized spacial score (nSPS) is 11.6. The average Bonchev–Trinajstić information content (AvgIpc) is 3.34. The molecular weight excluding hydrogens is 354 g/mol. The van der Waals surface area contributed by atoms with E-state index in [1.807, 2.05) is 24.4 Å². The van der Waals surface area contributed by atoms with E-state index in [1.54, 1.807) is 23.1 Å². The number of nitrogens with one attached hydrogen (secondary N) is 1.